The van der Waals surface area contributed by atoms with Crippen molar-refractivity contribution in [1.29, 1.82) is 5.41 Å². The number of amidine groups is 1. The van der Waals surface area contributed by atoms with Crippen LogP contribution in [0.5, 0.6) is 0 Å². The van der Waals surface area contributed by atoms with Crippen LogP contribution in [0.2, 0.25) is 0 Å². The fraction of sp³-hybridized carbons (Fsp3) is 0.533. The zero-order valence-electron chi connectivity index (χ0n) is 10.7. The van der Waals surface area contributed by atoms with Gasteiger partial charge >= 0.3 is 0 Å². The Morgan fingerprint density at radius 3 is 2.94 bits per heavy atom. The van der Waals surface area contributed by atoms with E-state index in [-0.39, 0.29) is 5.82 Å². The average Bonchev–Trinajstić information content (AvgIpc) is 2.86. The van der Waals surface area contributed by atoms with Gasteiger partial charge in [-0.15, -0.1) is 0 Å². The minimum absolute atomic E-state index is 0.241. The summed E-state index contributed by atoms with van der Waals surface area (Å²) in [5.41, 5.74) is 1.87. The predicted octanol–water partition coefficient (Wildman–Crippen LogP) is 3.40. The normalized spacial score (nSPS) is 26.8. The van der Waals surface area contributed by atoms with E-state index in [9.17, 15) is 4.39 Å². The van der Waals surface area contributed by atoms with E-state index < -0.39 is 0 Å². The van der Waals surface area contributed by atoms with Gasteiger partial charge in [-0.05, 0) is 42.4 Å². The highest BCUT2D eigenvalue weighted by Crippen LogP contribution is 2.33. The molecular formula is C15H19FN2. The summed E-state index contributed by atoms with van der Waals surface area (Å²) in [6.07, 6.45) is 3.86. The molecule has 96 valence electrons. The maximum Gasteiger partial charge on any atom is 0.128 e. The Morgan fingerprint density at radius 2 is 2.22 bits per heavy atom. The number of rotatable bonds is 2. The minimum Gasteiger partial charge on any atom is -0.352 e. The molecule has 0 saturated heterocycles. The van der Waals surface area contributed by atoms with E-state index in [1.54, 1.807) is 0 Å². The maximum atomic E-state index is 13.2. The van der Waals surface area contributed by atoms with Gasteiger partial charge in [-0.3, -0.25) is 5.41 Å². The molecule has 2 nitrogen and oxygen atoms in total. The molecule has 2 unspecified atom stereocenters. The second-order valence-corrected chi connectivity index (χ2v) is 5.81. The summed E-state index contributed by atoms with van der Waals surface area (Å²) in [6, 6.07) is 4.80. The Kier molecular flexibility index (Phi) is 2.84. The van der Waals surface area contributed by atoms with Crippen molar-refractivity contribution in [2.45, 2.75) is 32.7 Å². The van der Waals surface area contributed by atoms with Crippen molar-refractivity contribution in [2.75, 3.05) is 6.54 Å². The number of fused-ring (bicyclic) bond motifs is 1. The highest BCUT2D eigenvalue weighted by Gasteiger charge is 2.29. The van der Waals surface area contributed by atoms with Gasteiger partial charge in [0, 0.05) is 18.7 Å². The Labute approximate surface area is 107 Å². The van der Waals surface area contributed by atoms with Gasteiger partial charge in [0.2, 0.25) is 0 Å². The second-order valence-electron chi connectivity index (χ2n) is 5.81. The summed E-state index contributed by atoms with van der Waals surface area (Å²) in [5.74, 6) is 1.80. The lowest BCUT2D eigenvalue weighted by atomic mass is 10.1. The molecule has 1 aliphatic carbocycles. The van der Waals surface area contributed by atoms with Crippen LogP contribution < -0.4 is 0 Å². The van der Waals surface area contributed by atoms with Crippen molar-refractivity contribution < 1.29 is 4.39 Å². The highest BCUT2D eigenvalue weighted by molar-refractivity contribution is 6.00. The van der Waals surface area contributed by atoms with E-state index in [1.807, 2.05) is 6.07 Å². The third kappa shape index (κ3) is 2.02. The van der Waals surface area contributed by atoms with Crippen molar-refractivity contribution in [3.63, 3.8) is 0 Å². The molecule has 0 amide bonds. The van der Waals surface area contributed by atoms with Crippen LogP contribution in [0, 0.1) is 23.1 Å². The molecule has 1 heterocycles. The fourth-order valence-corrected chi connectivity index (χ4v) is 3.32. The van der Waals surface area contributed by atoms with Gasteiger partial charge in [0.15, 0.2) is 0 Å². The molecule has 1 aliphatic heterocycles. The van der Waals surface area contributed by atoms with E-state index in [0.717, 1.165) is 30.1 Å². The van der Waals surface area contributed by atoms with Crippen molar-refractivity contribution in [1.82, 2.24) is 4.90 Å². The van der Waals surface area contributed by atoms with Gasteiger partial charge in [0.25, 0.3) is 0 Å². The number of nitrogens with zero attached hydrogens (tertiary/aromatic N) is 1. The van der Waals surface area contributed by atoms with Crippen molar-refractivity contribution in [3.05, 3.63) is 35.1 Å². The second kappa shape index (κ2) is 4.38. The molecule has 1 aromatic carbocycles. The van der Waals surface area contributed by atoms with E-state index in [0.29, 0.717) is 11.8 Å². The number of nitrogens with one attached hydrogen (secondary N) is 1. The Morgan fingerprint density at radius 1 is 1.39 bits per heavy atom. The molecule has 1 fully saturated rings. The van der Waals surface area contributed by atoms with E-state index in [4.69, 9.17) is 5.41 Å². The molecule has 2 atom stereocenters. The quantitative estimate of drug-likeness (QED) is 0.850. The maximum absolute atomic E-state index is 13.2. The first-order valence-electron chi connectivity index (χ1n) is 6.76. The molecule has 0 radical (unpaired) electrons. The van der Waals surface area contributed by atoms with Crippen LogP contribution in [0.25, 0.3) is 0 Å². The first-order valence-corrected chi connectivity index (χ1v) is 6.76. The summed E-state index contributed by atoms with van der Waals surface area (Å²) in [4.78, 5) is 2.10. The third-order valence-corrected chi connectivity index (χ3v) is 4.29. The van der Waals surface area contributed by atoms with E-state index in [2.05, 4.69) is 11.8 Å². The lowest BCUT2D eigenvalue weighted by molar-refractivity contribution is 0.339. The molecule has 0 bridgehead atoms. The first kappa shape index (κ1) is 11.7. The number of halogens is 1. The summed E-state index contributed by atoms with van der Waals surface area (Å²) in [6.45, 7) is 4.04. The van der Waals surface area contributed by atoms with Gasteiger partial charge < -0.3 is 4.90 Å². The Bertz CT molecular complexity index is 483. The average molecular weight is 246 g/mol. The van der Waals surface area contributed by atoms with Crippen LogP contribution in [0.1, 0.15) is 37.3 Å². The molecule has 2 aliphatic rings. The van der Waals surface area contributed by atoms with Crippen LogP contribution in [-0.4, -0.2) is 17.3 Å². The molecule has 1 N–H and O–H groups in total. The molecule has 18 heavy (non-hydrogen) atoms. The van der Waals surface area contributed by atoms with Gasteiger partial charge in [0.1, 0.15) is 11.7 Å². The minimum atomic E-state index is -0.241. The summed E-state index contributed by atoms with van der Waals surface area (Å²) >= 11 is 0. The van der Waals surface area contributed by atoms with E-state index >= 15 is 0 Å². The molecule has 1 aromatic rings. The molecular weight excluding hydrogens is 227 g/mol. The Hall–Kier alpha value is -1.38. The van der Waals surface area contributed by atoms with Crippen LogP contribution >= 0.6 is 0 Å². The summed E-state index contributed by atoms with van der Waals surface area (Å²) in [5, 5.41) is 8.16. The zero-order valence-corrected chi connectivity index (χ0v) is 10.7. The molecule has 1 saturated carbocycles. The SMILES string of the molecule is CC1CCC(CN2Cc3ccc(F)cc3C2=N)C1. The lowest BCUT2D eigenvalue weighted by Crippen LogP contribution is -2.29. The molecule has 0 spiro atoms. The molecule has 0 aromatic heterocycles. The van der Waals surface area contributed by atoms with Crippen LogP contribution in [0.3, 0.4) is 0 Å². The van der Waals surface area contributed by atoms with Gasteiger partial charge in [-0.2, -0.15) is 0 Å². The topological polar surface area (TPSA) is 27.1 Å². The fourth-order valence-electron chi connectivity index (χ4n) is 3.32. The Balaban J connectivity index is 1.72. The van der Waals surface area contributed by atoms with Crippen LogP contribution in [0.4, 0.5) is 4.39 Å². The summed E-state index contributed by atoms with van der Waals surface area (Å²) in [7, 11) is 0. The lowest BCUT2D eigenvalue weighted by Gasteiger charge is -2.22. The van der Waals surface area contributed by atoms with Crippen molar-refractivity contribution in [2.24, 2.45) is 11.8 Å². The van der Waals surface area contributed by atoms with Crippen molar-refractivity contribution in [3.8, 4) is 0 Å². The highest BCUT2D eigenvalue weighted by atomic mass is 19.1. The first-order chi connectivity index (χ1) is 8.63. The van der Waals surface area contributed by atoms with E-state index in [1.165, 1.54) is 31.4 Å². The van der Waals surface area contributed by atoms with Crippen molar-refractivity contribution >= 4 is 5.84 Å². The van der Waals surface area contributed by atoms with Crippen LogP contribution in [-0.2, 0) is 6.54 Å². The number of hydrogen-bond acceptors (Lipinski definition) is 1. The van der Waals surface area contributed by atoms with Gasteiger partial charge in [0.05, 0.1) is 0 Å². The third-order valence-electron chi connectivity index (χ3n) is 4.29. The standard InChI is InChI=1S/C15H19FN2/c1-10-2-3-11(6-10)8-18-9-12-4-5-13(16)7-14(12)15(18)17/h4-5,7,10-11,17H,2-3,6,8-9H2,1H3. The van der Waals surface area contributed by atoms with Crippen LogP contribution in [0.15, 0.2) is 18.2 Å². The number of benzene rings is 1. The predicted molar refractivity (Wildman–Crippen MR) is 70.1 cm³/mol. The zero-order chi connectivity index (χ0) is 12.7. The van der Waals surface area contributed by atoms with Gasteiger partial charge in [-0.1, -0.05) is 19.4 Å². The monoisotopic (exact) mass is 246 g/mol. The number of hydrogen-bond donors (Lipinski definition) is 1. The molecule has 3 rings (SSSR count). The molecule has 3 heteroatoms. The summed E-state index contributed by atoms with van der Waals surface area (Å²) < 4.78 is 13.2. The largest absolute Gasteiger partial charge is 0.352 e. The van der Waals surface area contributed by atoms with Gasteiger partial charge in [-0.25, -0.2) is 4.39 Å². The smallest absolute Gasteiger partial charge is 0.128 e.